The number of hydrogen-bond acceptors (Lipinski definition) is 5. The molecule has 142 valence electrons. The highest BCUT2D eigenvalue weighted by molar-refractivity contribution is 7.10. The number of rotatable bonds is 6. The normalized spacial score (nSPS) is 14.9. The number of anilines is 2. The molecule has 1 atom stereocenters. The summed E-state index contributed by atoms with van der Waals surface area (Å²) in [5.41, 5.74) is 1.15. The van der Waals surface area contributed by atoms with E-state index in [1.54, 1.807) is 29.2 Å². The first-order chi connectivity index (χ1) is 13.0. The topological polar surface area (TPSA) is 98.7 Å². The van der Waals surface area contributed by atoms with Gasteiger partial charge in [-0.3, -0.25) is 14.4 Å². The van der Waals surface area contributed by atoms with Gasteiger partial charge >= 0.3 is 11.8 Å². The molecule has 0 saturated carbocycles. The van der Waals surface area contributed by atoms with E-state index in [9.17, 15) is 19.5 Å². The highest BCUT2D eigenvalue weighted by Gasteiger charge is 2.22. The molecular weight excluding hydrogens is 366 g/mol. The van der Waals surface area contributed by atoms with Crippen molar-refractivity contribution < 1.29 is 19.5 Å². The van der Waals surface area contributed by atoms with E-state index >= 15 is 0 Å². The molecule has 0 spiro atoms. The lowest BCUT2D eigenvalue weighted by Gasteiger charge is -2.16. The van der Waals surface area contributed by atoms with Gasteiger partial charge in [-0.05, 0) is 42.5 Å². The molecule has 27 heavy (non-hydrogen) atoms. The third kappa shape index (κ3) is 4.93. The van der Waals surface area contributed by atoms with Crippen molar-refractivity contribution in [2.75, 3.05) is 23.3 Å². The zero-order valence-electron chi connectivity index (χ0n) is 14.7. The maximum absolute atomic E-state index is 12.0. The van der Waals surface area contributed by atoms with Gasteiger partial charge < -0.3 is 20.6 Å². The number of aliphatic hydroxyl groups is 1. The largest absolute Gasteiger partial charge is 0.388 e. The van der Waals surface area contributed by atoms with Crippen LogP contribution in [-0.4, -0.2) is 35.9 Å². The number of thiophene rings is 1. The predicted octanol–water partition coefficient (Wildman–Crippen LogP) is 2.05. The Morgan fingerprint density at radius 3 is 2.78 bits per heavy atom. The van der Waals surface area contributed by atoms with Gasteiger partial charge in [0.05, 0.1) is 6.10 Å². The van der Waals surface area contributed by atoms with E-state index in [1.807, 2.05) is 17.5 Å². The minimum absolute atomic E-state index is 0.0560. The van der Waals surface area contributed by atoms with Crippen LogP contribution in [0.25, 0.3) is 0 Å². The zero-order valence-corrected chi connectivity index (χ0v) is 15.5. The standard InChI is InChI=1S/C19H21N3O4S/c23-15(16-6-3-11-27-16)8-9-20-18(25)19(26)21-13-4-1-5-14(12-13)22-10-2-7-17(22)24/h1,3-6,11-12,15,23H,2,7-10H2,(H,20,25)(H,21,26)/t15-/m0/s1. The lowest BCUT2D eigenvalue weighted by molar-refractivity contribution is -0.136. The van der Waals surface area contributed by atoms with Crippen LogP contribution in [0.1, 0.15) is 30.2 Å². The van der Waals surface area contributed by atoms with E-state index in [0.717, 1.165) is 11.3 Å². The number of amides is 3. The van der Waals surface area contributed by atoms with E-state index in [-0.39, 0.29) is 12.5 Å². The fraction of sp³-hybridized carbons (Fsp3) is 0.316. The van der Waals surface area contributed by atoms with Crippen LogP contribution in [0.15, 0.2) is 41.8 Å². The molecule has 3 rings (SSSR count). The van der Waals surface area contributed by atoms with Gasteiger partial charge in [-0.1, -0.05) is 12.1 Å². The molecule has 0 aliphatic carbocycles. The Balaban J connectivity index is 1.49. The van der Waals surface area contributed by atoms with Crippen LogP contribution in [0, 0.1) is 0 Å². The van der Waals surface area contributed by atoms with Gasteiger partial charge in [0.2, 0.25) is 5.91 Å². The summed E-state index contributed by atoms with van der Waals surface area (Å²) in [6, 6.07) is 10.5. The second kappa shape index (κ2) is 8.79. The number of carbonyl (C=O) groups excluding carboxylic acids is 3. The van der Waals surface area contributed by atoms with E-state index < -0.39 is 17.9 Å². The van der Waals surface area contributed by atoms with Gasteiger partial charge in [0.1, 0.15) is 0 Å². The van der Waals surface area contributed by atoms with E-state index in [0.29, 0.717) is 30.8 Å². The molecule has 2 aromatic rings. The lowest BCUT2D eigenvalue weighted by Crippen LogP contribution is -2.36. The molecular formula is C19H21N3O4S. The third-order valence-electron chi connectivity index (χ3n) is 4.27. The Bertz CT molecular complexity index is 822. The number of nitrogens with zero attached hydrogens (tertiary/aromatic N) is 1. The maximum Gasteiger partial charge on any atom is 0.313 e. The van der Waals surface area contributed by atoms with Gasteiger partial charge in [-0.15, -0.1) is 11.3 Å². The van der Waals surface area contributed by atoms with Crippen molar-refractivity contribution in [3.8, 4) is 0 Å². The molecule has 7 nitrogen and oxygen atoms in total. The summed E-state index contributed by atoms with van der Waals surface area (Å²) in [4.78, 5) is 38.3. The quantitative estimate of drug-likeness (QED) is 0.661. The molecule has 0 unspecified atom stereocenters. The summed E-state index contributed by atoms with van der Waals surface area (Å²) >= 11 is 1.44. The van der Waals surface area contributed by atoms with Crippen LogP contribution in [0.3, 0.4) is 0 Å². The Kier molecular flexibility index (Phi) is 6.20. The molecule has 1 saturated heterocycles. The molecule has 8 heteroatoms. The molecule has 2 heterocycles. The SMILES string of the molecule is O=C(NCC[C@H](O)c1cccs1)C(=O)Nc1cccc(N2CCCC2=O)c1. The fourth-order valence-corrected chi connectivity index (χ4v) is 3.63. The third-order valence-corrected chi connectivity index (χ3v) is 5.24. The van der Waals surface area contributed by atoms with E-state index in [2.05, 4.69) is 10.6 Å². The van der Waals surface area contributed by atoms with Gasteiger partial charge in [-0.25, -0.2) is 0 Å². The second-order valence-corrected chi connectivity index (χ2v) is 7.21. The summed E-state index contributed by atoms with van der Waals surface area (Å²) in [7, 11) is 0. The van der Waals surface area contributed by atoms with Crippen LogP contribution >= 0.6 is 11.3 Å². The number of hydrogen-bond donors (Lipinski definition) is 3. The molecule has 0 bridgehead atoms. The first-order valence-electron chi connectivity index (χ1n) is 8.75. The average molecular weight is 387 g/mol. The van der Waals surface area contributed by atoms with Crippen LogP contribution in [0.5, 0.6) is 0 Å². The van der Waals surface area contributed by atoms with E-state index in [1.165, 1.54) is 11.3 Å². The van der Waals surface area contributed by atoms with Crippen molar-refractivity contribution >= 4 is 40.4 Å². The monoisotopic (exact) mass is 387 g/mol. The number of aliphatic hydroxyl groups excluding tert-OH is 1. The van der Waals surface area contributed by atoms with Crippen LogP contribution < -0.4 is 15.5 Å². The first-order valence-corrected chi connectivity index (χ1v) is 9.63. The van der Waals surface area contributed by atoms with Crippen LogP contribution in [0.2, 0.25) is 0 Å². The summed E-state index contributed by atoms with van der Waals surface area (Å²) in [6.45, 7) is 0.844. The molecule has 3 amide bonds. The van der Waals surface area contributed by atoms with Gasteiger partial charge in [0.15, 0.2) is 0 Å². The molecule has 0 radical (unpaired) electrons. The number of nitrogens with one attached hydrogen (secondary N) is 2. The van der Waals surface area contributed by atoms with Crippen molar-refractivity contribution in [2.24, 2.45) is 0 Å². The minimum Gasteiger partial charge on any atom is -0.388 e. The van der Waals surface area contributed by atoms with Crippen molar-refractivity contribution in [1.82, 2.24) is 5.32 Å². The molecule has 1 aliphatic rings. The number of benzene rings is 1. The minimum atomic E-state index is -0.787. The first kappa shape index (κ1) is 19.1. The molecule has 1 aromatic heterocycles. The van der Waals surface area contributed by atoms with Crippen molar-refractivity contribution in [2.45, 2.75) is 25.4 Å². The van der Waals surface area contributed by atoms with Crippen LogP contribution in [0.4, 0.5) is 11.4 Å². The Morgan fingerprint density at radius 1 is 1.22 bits per heavy atom. The van der Waals surface area contributed by atoms with Gasteiger partial charge in [0, 0.05) is 35.8 Å². The lowest BCUT2D eigenvalue weighted by atomic mass is 10.2. The van der Waals surface area contributed by atoms with Gasteiger partial charge in [0.25, 0.3) is 0 Å². The summed E-state index contributed by atoms with van der Waals surface area (Å²) < 4.78 is 0. The second-order valence-electron chi connectivity index (χ2n) is 6.23. The molecule has 1 aromatic carbocycles. The van der Waals surface area contributed by atoms with E-state index in [4.69, 9.17) is 0 Å². The summed E-state index contributed by atoms with van der Waals surface area (Å²) in [5, 5.41) is 16.9. The molecule has 1 fully saturated rings. The Hall–Kier alpha value is -2.71. The maximum atomic E-state index is 12.0. The zero-order chi connectivity index (χ0) is 19.2. The molecule has 3 N–H and O–H groups in total. The van der Waals surface area contributed by atoms with Crippen molar-refractivity contribution in [3.63, 3.8) is 0 Å². The van der Waals surface area contributed by atoms with Crippen molar-refractivity contribution in [1.29, 1.82) is 0 Å². The van der Waals surface area contributed by atoms with Gasteiger partial charge in [-0.2, -0.15) is 0 Å². The fourth-order valence-electron chi connectivity index (χ4n) is 2.89. The Labute approximate surface area is 161 Å². The summed E-state index contributed by atoms with van der Waals surface area (Å²) in [6.07, 6.45) is 1.00. The Morgan fingerprint density at radius 2 is 2.07 bits per heavy atom. The average Bonchev–Trinajstić information content (AvgIpc) is 3.33. The number of carbonyl (C=O) groups is 3. The van der Waals surface area contributed by atoms with Crippen molar-refractivity contribution in [3.05, 3.63) is 46.7 Å². The highest BCUT2D eigenvalue weighted by Crippen LogP contribution is 2.24. The smallest absolute Gasteiger partial charge is 0.313 e. The predicted molar refractivity (Wildman–Crippen MR) is 104 cm³/mol. The highest BCUT2D eigenvalue weighted by atomic mass is 32.1. The van der Waals surface area contributed by atoms with Crippen LogP contribution in [-0.2, 0) is 14.4 Å². The summed E-state index contributed by atoms with van der Waals surface area (Å²) in [5.74, 6) is -1.50. The molecule has 1 aliphatic heterocycles.